The number of hydrogen-bond acceptors (Lipinski definition) is 1. The van der Waals surface area contributed by atoms with Crippen LogP contribution in [0.3, 0.4) is 0 Å². The van der Waals surface area contributed by atoms with E-state index >= 15 is 0 Å². The highest BCUT2D eigenvalue weighted by atomic mass is 14.9. The zero-order valence-corrected chi connectivity index (χ0v) is 11.6. The zero-order valence-electron chi connectivity index (χ0n) is 11.6. The summed E-state index contributed by atoms with van der Waals surface area (Å²) in [6.45, 7) is 9.42. The van der Waals surface area contributed by atoms with Crippen LogP contribution in [0.25, 0.3) is 0 Å². The molecule has 0 aromatic carbocycles. The van der Waals surface area contributed by atoms with E-state index in [1.807, 2.05) is 0 Å². The van der Waals surface area contributed by atoms with E-state index in [-0.39, 0.29) is 0 Å². The second-order valence-corrected chi connectivity index (χ2v) is 6.17. The van der Waals surface area contributed by atoms with Gasteiger partial charge in [-0.2, -0.15) is 0 Å². The lowest BCUT2D eigenvalue weighted by molar-refractivity contribution is 0.244. The molecule has 0 bridgehead atoms. The van der Waals surface area contributed by atoms with E-state index in [0.29, 0.717) is 5.41 Å². The van der Waals surface area contributed by atoms with Crippen LogP contribution >= 0.6 is 0 Å². The molecule has 16 heavy (non-hydrogen) atoms. The van der Waals surface area contributed by atoms with Crippen molar-refractivity contribution in [2.45, 2.75) is 72.1 Å². The van der Waals surface area contributed by atoms with Gasteiger partial charge in [-0.05, 0) is 43.6 Å². The maximum atomic E-state index is 3.66. The molecule has 1 saturated carbocycles. The van der Waals surface area contributed by atoms with Gasteiger partial charge in [0.15, 0.2) is 0 Å². The molecule has 0 heterocycles. The summed E-state index contributed by atoms with van der Waals surface area (Å²) in [5, 5.41) is 3.66. The highest BCUT2D eigenvalue weighted by Gasteiger charge is 2.32. The molecule has 1 aliphatic rings. The number of hydrogen-bond donors (Lipinski definition) is 1. The molecule has 1 rings (SSSR count). The van der Waals surface area contributed by atoms with Gasteiger partial charge in [0.2, 0.25) is 0 Å². The van der Waals surface area contributed by atoms with Crippen molar-refractivity contribution in [3.8, 4) is 0 Å². The molecule has 1 nitrogen and oxygen atoms in total. The molecule has 0 radical (unpaired) electrons. The normalized spacial score (nSPS) is 19.5. The van der Waals surface area contributed by atoms with E-state index in [9.17, 15) is 0 Å². The van der Waals surface area contributed by atoms with Crippen molar-refractivity contribution in [2.24, 2.45) is 11.3 Å². The lowest BCUT2D eigenvalue weighted by Gasteiger charge is -2.30. The van der Waals surface area contributed by atoms with Crippen molar-refractivity contribution in [1.82, 2.24) is 5.32 Å². The Bertz CT molecular complexity index is 168. The molecule has 0 saturated heterocycles. The van der Waals surface area contributed by atoms with Gasteiger partial charge in [0.05, 0.1) is 0 Å². The Morgan fingerprint density at radius 1 is 1.19 bits per heavy atom. The fraction of sp³-hybridized carbons (Fsp3) is 1.00. The molecule has 0 aliphatic heterocycles. The molecular weight excluding hydrogens is 194 g/mol. The van der Waals surface area contributed by atoms with E-state index in [1.165, 1.54) is 64.5 Å². The first-order chi connectivity index (χ1) is 7.68. The molecule has 0 amide bonds. The summed E-state index contributed by atoms with van der Waals surface area (Å²) in [6.07, 6.45) is 11.5. The van der Waals surface area contributed by atoms with Gasteiger partial charge < -0.3 is 5.32 Å². The molecule has 0 unspecified atom stereocenters. The lowest BCUT2D eigenvalue weighted by atomic mass is 9.80. The van der Waals surface area contributed by atoms with Gasteiger partial charge in [0, 0.05) is 6.54 Å². The van der Waals surface area contributed by atoms with Crippen molar-refractivity contribution >= 4 is 0 Å². The third-order valence-corrected chi connectivity index (χ3v) is 4.08. The van der Waals surface area contributed by atoms with Gasteiger partial charge in [0.25, 0.3) is 0 Å². The van der Waals surface area contributed by atoms with E-state index in [2.05, 4.69) is 26.1 Å². The third-order valence-electron chi connectivity index (χ3n) is 4.08. The van der Waals surface area contributed by atoms with Crippen molar-refractivity contribution in [3.63, 3.8) is 0 Å². The zero-order chi connectivity index (χ0) is 11.9. The monoisotopic (exact) mass is 225 g/mol. The predicted molar refractivity (Wildman–Crippen MR) is 72.8 cm³/mol. The fourth-order valence-corrected chi connectivity index (χ4v) is 3.06. The van der Waals surface area contributed by atoms with Crippen molar-refractivity contribution in [1.29, 1.82) is 0 Å². The predicted octanol–water partition coefficient (Wildman–Crippen LogP) is 4.37. The van der Waals surface area contributed by atoms with Gasteiger partial charge in [-0.15, -0.1) is 0 Å². The van der Waals surface area contributed by atoms with E-state index in [1.54, 1.807) is 0 Å². The van der Waals surface area contributed by atoms with Crippen LogP contribution in [-0.2, 0) is 0 Å². The second kappa shape index (κ2) is 7.32. The standard InChI is InChI=1S/C15H31N/c1-4-12-16-13-15(9-5-6-10-15)11-7-8-14(2)3/h14,16H,4-13H2,1-3H3. The molecule has 1 N–H and O–H groups in total. The maximum absolute atomic E-state index is 3.66. The Labute approximate surface area is 102 Å². The maximum Gasteiger partial charge on any atom is 0.000780 e. The van der Waals surface area contributed by atoms with Crippen LogP contribution in [0.4, 0.5) is 0 Å². The second-order valence-electron chi connectivity index (χ2n) is 6.17. The minimum absolute atomic E-state index is 0.671. The number of rotatable bonds is 8. The summed E-state index contributed by atoms with van der Waals surface area (Å²) in [6, 6.07) is 0. The van der Waals surface area contributed by atoms with Crippen LogP contribution in [0.5, 0.6) is 0 Å². The van der Waals surface area contributed by atoms with Crippen LogP contribution in [0.1, 0.15) is 72.1 Å². The third kappa shape index (κ3) is 4.86. The molecular formula is C15H31N. The molecule has 0 aromatic heterocycles. The molecule has 1 fully saturated rings. The van der Waals surface area contributed by atoms with Gasteiger partial charge in [-0.25, -0.2) is 0 Å². The Morgan fingerprint density at radius 2 is 1.88 bits per heavy atom. The van der Waals surface area contributed by atoms with E-state index < -0.39 is 0 Å². The minimum atomic E-state index is 0.671. The summed E-state index contributed by atoms with van der Waals surface area (Å²) >= 11 is 0. The quantitative estimate of drug-likeness (QED) is 0.605. The lowest BCUT2D eigenvalue weighted by Crippen LogP contribution is -2.32. The van der Waals surface area contributed by atoms with Crippen LogP contribution in [-0.4, -0.2) is 13.1 Å². The first-order valence-corrected chi connectivity index (χ1v) is 7.39. The SMILES string of the molecule is CCCNCC1(CCCC(C)C)CCCC1. The summed E-state index contributed by atoms with van der Waals surface area (Å²) in [4.78, 5) is 0. The Morgan fingerprint density at radius 3 is 2.44 bits per heavy atom. The Balaban J connectivity index is 2.27. The fourth-order valence-electron chi connectivity index (χ4n) is 3.06. The molecule has 0 atom stereocenters. The molecule has 96 valence electrons. The summed E-state index contributed by atoms with van der Waals surface area (Å²) < 4.78 is 0. The Hall–Kier alpha value is -0.0400. The largest absolute Gasteiger partial charge is 0.316 e. The van der Waals surface area contributed by atoms with Crippen molar-refractivity contribution in [2.75, 3.05) is 13.1 Å². The molecule has 1 heteroatoms. The van der Waals surface area contributed by atoms with Crippen LogP contribution in [0.2, 0.25) is 0 Å². The van der Waals surface area contributed by atoms with Gasteiger partial charge >= 0.3 is 0 Å². The Kier molecular flexibility index (Phi) is 6.41. The summed E-state index contributed by atoms with van der Waals surface area (Å²) in [5.41, 5.74) is 0.671. The van der Waals surface area contributed by atoms with Gasteiger partial charge in [-0.1, -0.05) is 46.5 Å². The molecule has 0 aromatic rings. The first-order valence-electron chi connectivity index (χ1n) is 7.39. The highest BCUT2D eigenvalue weighted by molar-refractivity contribution is 4.86. The smallest absolute Gasteiger partial charge is 0.000780 e. The average molecular weight is 225 g/mol. The van der Waals surface area contributed by atoms with Crippen LogP contribution < -0.4 is 5.32 Å². The van der Waals surface area contributed by atoms with Crippen LogP contribution in [0.15, 0.2) is 0 Å². The highest BCUT2D eigenvalue weighted by Crippen LogP contribution is 2.42. The molecule has 1 aliphatic carbocycles. The van der Waals surface area contributed by atoms with E-state index in [4.69, 9.17) is 0 Å². The van der Waals surface area contributed by atoms with Crippen molar-refractivity contribution < 1.29 is 0 Å². The topological polar surface area (TPSA) is 12.0 Å². The van der Waals surface area contributed by atoms with Gasteiger partial charge in [0.1, 0.15) is 0 Å². The van der Waals surface area contributed by atoms with Gasteiger partial charge in [-0.3, -0.25) is 0 Å². The number of nitrogens with one attached hydrogen (secondary N) is 1. The first kappa shape index (κ1) is 14.0. The van der Waals surface area contributed by atoms with Crippen molar-refractivity contribution in [3.05, 3.63) is 0 Å². The minimum Gasteiger partial charge on any atom is -0.316 e. The van der Waals surface area contributed by atoms with Crippen LogP contribution in [0, 0.1) is 11.3 Å². The summed E-state index contributed by atoms with van der Waals surface area (Å²) in [5.74, 6) is 0.877. The summed E-state index contributed by atoms with van der Waals surface area (Å²) in [7, 11) is 0. The van der Waals surface area contributed by atoms with E-state index in [0.717, 1.165) is 5.92 Å². The molecule has 0 spiro atoms. The average Bonchev–Trinajstić information content (AvgIpc) is 2.67.